The van der Waals surface area contributed by atoms with Gasteiger partial charge in [-0.15, -0.1) is 0 Å². The number of rotatable bonds is 3. The first-order valence-electron chi connectivity index (χ1n) is 6.86. The number of aromatic nitrogens is 1. The summed E-state index contributed by atoms with van der Waals surface area (Å²) in [6, 6.07) is 5.53. The highest BCUT2D eigenvalue weighted by Crippen LogP contribution is 2.19. The van der Waals surface area contributed by atoms with Gasteiger partial charge >= 0.3 is 5.76 Å². The molecule has 3 rings (SSSR count). The lowest BCUT2D eigenvalue weighted by molar-refractivity contribution is 0.204. The number of fused-ring (bicyclic) bond motifs is 1. The summed E-state index contributed by atoms with van der Waals surface area (Å²) in [6.45, 7) is 2.28. The highest BCUT2D eigenvalue weighted by atomic mass is 32.2. The first kappa shape index (κ1) is 14.3. The van der Waals surface area contributed by atoms with E-state index >= 15 is 0 Å². The molecule has 0 amide bonds. The average molecular weight is 310 g/mol. The van der Waals surface area contributed by atoms with E-state index in [0.717, 1.165) is 11.1 Å². The molecule has 0 radical (unpaired) electrons. The van der Waals surface area contributed by atoms with Crippen LogP contribution in [-0.4, -0.2) is 42.5 Å². The zero-order valence-corrected chi connectivity index (χ0v) is 12.9. The molecule has 2 aromatic rings. The van der Waals surface area contributed by atoms with Gasteiger partial charge in [-0.05, 0) is 38.1 Å². The number of oxazole rings is 1. The summed E-state index contributed by atoms with van der Waals surface area (Å²) in [5, 5.41) is 0. The average Bonchev–Trinajstić information content (AvgIpc) is 2.91. The van der Waals surface area contributed by atoms with E-state index in [-0.39, 0.29) is 17.5 Å². The number of benzene rings is 1. The first-order valence-corrected chi connectivity index (χ1v) is 8.68. The fourth-order valence-corrected chi connectivity index (χ4v) is 4.57. The Balaban J connectivity index is 1.90. The van der Waals surface area contributed by atoms with Crippen molar-refractivity contribution in [3.63, 3.8) is 0 Å². The molecule has 2 heterocycles. The van der Waals surface area contributed by atoms with Gasteiger partial charge in [0.2, 0.25) is 0 Å². The van der Waals surface area contributed by atoms with Crippen molar-refractivity contribution >= 4 is 20.9 Å². The summed E-state index contributed by atoms with van der Waals surface area (Å²) < 4.78 is 29.9. The Morgan fingerprint density at radius 2 is 2.19 bits per heavy atom. The molecule has 1 fully saturated rings. The van der Waals surface area contributed by atoms with E-state index < -0.39 is 15.6 Å². The lowest BCUT2D eigenvalue weighted by atomic mass is 10.2. The van der Waals surface area contributed by atoms with Crippen LogP contribution >= 0.6 is 0 Å². The summed E-state index contributed by atoms with van der Waals surface area (Å²) in [5.41, 5.74) is 2.34. The lowest BCUT2D eigenvalue weighted by Gasteiger charge is -2.22. The van der Waals surface area contributed by atoms with Crippen LogP contribution in [0.4, 0.5) is 0 Å². The van der Waals surface area contributed by atoms with Crippen LogP contribution in [0.5, 0.6) is 0 Å². The van der Waals surface area contributed by atoms with E-state index in [9.17, 15) is 13.2 Å². The van der Waals surface area contributed by atoms with Gasteiger partial charge in [0.1, 0.15) is 0 Å². The first-order chi connectivity index (χ1) is 9.85. The van der Waals surface area contributed by atoms with Crippen molar-refractivity contribution in [1.82, 2.24) is 9.47 Å². The maximum absolute atomic E-state index is 12.0. The molecule has 1 aliphatic heterocycles. The van der Waals surface area contributed by atoms with E-state index in [0.29, 0.717) is 18.7 Å². The molecule has 114 valence electrons. The topological polar surface area (TPSA) is 72.5 Å². The summed E-state index contributed by atoms with van der Waals surface area (Å²) >= 11 is 0. The number of hydrogen-bond donors (Lipinski definition) is 0. The van der Waals surface area contributed by atoms with Crippen molar-refractivity contribution < 1.29 is 12.8 Å². The van der Waals surface area contributed by atoms with Crippen LogP contribution in [0.1, 0.15) is 12.0 Å². The van der Waals surface area contributed by atoms with Crippen LogP contribution in [0.2, 0.25) is 0 Å². The third-order valence-corrected chi connectivity index (χ3v) is 5.77. The monoisotopic (exact) mass is 310 g/mol. The van der Waals surface area contributed by atoms with Crippen LogP contribution in [0, 0.1) is 6.92 Å². The molecule has 0 bridgehead atoms. The smallest absolute Gasteiger partial charge is 0.408 e. The van der Waals surface area contributed by atoms with E-state index in [2.05, 4.69) is 0 Å². The standard InChI is InChI=1S/C14H18N2O4S/c1-10-3-4-13-12(7-10)16(14(17)20-13)9-15(2)11-5-6-21(18,19)8-11/h3-4,7,11H,5-6,8-9H2,1-2H3. The van der Waals surface area contributed by atoms with E-state index in [1.54, 1.807) is 10.6 Å². The molecule has 0 spiro atoms. The van der Waals surface area contributed by atoms with Crippen LogP contribution < -0.4 is 5.76 Å². The summed E-state index contributed by atoms with van der Waals surface area (Å²) in [7, 11) is -1.09. The molecule has 1 aromatic heterocycles. The fraction of sp³-hybridized carbons (Fsp3) is 0.500. The van der Waals surface area contributed by atoms with Gasteiger partial charge in [0.25, 0.3) is 0 Å². The van der Waals surface area contributed by atoms with Crippen molar-refractivity contribution in [2.75, 3.05) is 18.6 Å². The minimum atomic E-state index is -2.93. The van der Waals surface area contributed by atoms with E-state index in [1.165, 1.54) is 0 Å². The van der Waals surface area contributed by atoms with Gasteiger partial charge in [-0.3, -0.25) is 9.47 Å². The normalized spacial score (nSPS) is 21.4. The Bertz CT molecular complexity index is 834. The molecule has 0 N–H and O–H groups in total. The van der Waals surface area contributed by atoms with Gasteiger partial charge in [-0.2, -0.15) is 0 Å². The zero-order valence-electron chi connectivity index (χ0n) is 12.1. The second-order valence-corrected chi connectivity index (χ2v) is 7.95. The van der Waals surface area contributed by atoms with Crippen LogP contribution in [0.3, 0.4) is 0 Å². The Kier molecular flexibility index (Phi) is 3.41. The van der Waals surface area contributed by atoms with Crippen LogP contribution in [-0.2, 0) is 16.5 Å². The fourth-order valence-electron chi connectivity index (χ4n) is 2.77. The summed E-state index contributed by atoms with van der Waals surface area (Å²) in [5.74, 6) is -0.0295. The largest absolute Gasteiger partial charge is 0.421 e. The zero-order chi connectivity index (χ0) is 15.2. The van der Waals surface area contributed by atoms with E-state index in [1.807, 2.05) is 31.0 Å². The molecular weight excluding hydrogens is 292 g/mol. The molecule has 0 aliphatic carbocycles. The van der Waals surface area contributed by atoms with Crippen LogP contribution in [0.15, 0.2) is 27.4 Å². The predicted molar refractivity (Wildman–Crippen MR) is 80.0 cm³/mol. The van der Waals surface area contributed by atoms with Crippen molar-refractivity contribution in [3.8, 4) is 0 Å². The third kappa shape index (κ3) is 2.75. The second-order valence-electron chi connectivity index (χ2n) is 5.72. The summed E-state index contributed by atoms with van der Waals surface area (Å²) in [6.07, 6.45) is 0.613. The molecule has 1 aliphatic rings. The van der Waals surface area contributed by atoms with Crippen molar-refractivity contribution in [2.45, 2.75) is 26.1 Å². The van der Waals surface area contributed by atoms with Crippen LogP contribution in [0.25, 0.3) is 11.1 Å². The van der Waals surface area contributed by atoms with Crippen molar-refractivity contribution in [1.29, 1.82) is 0 Å². The number of sulfone groups is 1. The molecule has 7 heteroatoms. The highest BCUT2D eigenvalue weighted by molar-refractivity contribution is 7.91. The SMILES string of the molecule is Cc1ccc2oc(=O)n(CN(C)C3CCS(=O)(=O)C3)c2c1. The van der Waals surface area contributed by atoms with Gasteiger partial charge in [0.15, 0.2) is 15.4 Å². The Hall–Kier alpha value is -1.60. The minimum Gasteiger partial charge on any atom is -0.408 e. The third-order valence-electron chi connectivity index (χ3n) is 4.02. The van der Waals surface area contributed by atoms with Crippen molar-refractivity contribution in [3.05, 3.63) is 34.3 Å². The second kappa shape index (κ2) is 4.99. The van der Waals surface area contributed by atoms with Crippen molar-refractivity contribution in [2.24, 2.45) is 0 Å². The van der Waals surface area contributed by atoms with Gasteiger partial charge in [-0.1, -0.05) is 6.07 Å². The highest BCUT2D eigenvalue weighted by Gasteiger charge is 2.31. The van der Waals surface area contributed by atoms with Gasteiger partial charge in [0.05, 0.1) is 23.7 Å². The molecule has 1 atom stereocenters. The predicted octanol–water partition coefficient (Wildman–Crippen LogP) is 0.979. The van der Waals surface area contributed by atoms with Gasteiger partial charge < -0.3 is 4.42 Å². The van der Waals surface area contributed by atoms with Gasteiger partial charge in [-0.25, -0.2) is 13.2 Å². The Morgan fingerprint density at radius 1 is 1.43 bits per heavy atom. The van der Waals surface area contributed by atoms with E-state index in [4.69, 9.17) is 4.42 Å². The molecule has 1 saturated heterocycles. The quantitative estimate of drug-likeness (QED) is 0.845. The molecule has 1 unspecified atom stereocenters. The number of nitrogens with zero attached hydrogens (tertiary/aromatic N) is 2. The number of hydrogen-bond acceptors (Lipinski definition) is 5. The number of aryl methyl sites for hydroxylation is 1. The maximum atomic E-state index is 12.0. The summed E-state index contributed by atoms with van der Waals surface area (Å²) in [4.78, 5) is 13.9. The molecule has 6 nitrogen and oxygen atoms in total. The minimum absolute atomic E-state index is 0.0448. The molecule has 21 heavy (non-hydrogen) atoms. The lowest BCUT2D eigenvalue weighted by Crippen LogP contribution is -2.36. The van der Waals surface area contributed by atoms with Gasteiger partial charge in [0, 0.05) is 6.04 Å². The molecule has 0 saturated carbocycles. The maximum Gasteiger partial charge on any atom is 0.421 e. The molecule has 1 aromatic carbocycles. The molecular formula is C14H18N2O4S. The Labute approximate surface area is 122 Å². The Morgan fingerprint density at radius 3 is 2.86 bits per heavy atom.